The molecule has 0 aliphatic rings. The number of hydrogen-bond donors (Lipinski definition) is 1. The largest absolute Gasteiger partial charge is 0.350 e. The maximum atomic E-state index is 10.8. The Morgan fingerprint density at radius 3 is 3.08 bits per heavy atom. The number of nitrogens with one attached hydrogen (secondary N) is 1. The van der Waals surface area contributed by atoms with Crippen molar-refractivity contribution < 1.29 is 4.79 Å². The maximum Gasteiger partial charge on any atom is 0.230 e. The normalized spacial score (nSPS) is 9.83. The monoisotopic (exact) mass is 248 g/mol. The number of nitrogens with zero attached hydrogens (tertiary/aromatic N) is 1. The molecule has 0 aliphatic carbocycles. The molecule has 1 N–H and O–H groups in total. The fourth-order valence-corrected chi connectivity index (χ4v) is 1.65. The summed E-state index contributed by atoms with van der Waals surface area (Å²) in [5.74, 6) is 0.000975. The number of alkyl halides is 1. The first-order valence-corrected chi connectivity index (χ1v) is 5.40. The molecule has 0 radical (unpaired) electrons. The van der Waals surface area contributed by atoms with Crippen molar-refractivity contribution in [1.29, 1.82) is 0 Å². The molecule has 1 aromatic heterocycles. The quantitative estimate of drug-likeness (QED) is 0.824. The Kier molecular flexibility index (Phi) is 3.68. The highest BCUT2D eigenvalue weighted by molar-refractivity contribution is 9.09. The molecule has 0 bridgehead atoms. The predicted octanol–water partition coefficient (Wildman–Crippen LogP) is 1.46. The lowest BCUT2D eigenvalue weighted by atomic mass is 10.5. The number of aromatic nitrogens is 1. The van der Waals surface area contributed by atoms with Crippen LogP contribution in [0.3, 0.4) is 0 Å². The van der Waals surface area contributed by atoms with E-state index in [-0.39, 0.29) is 5.91 Å². The van der Waals surface area contributed by atoms with Gasteiger partial charge in [-0.3, -0.25) is 4.79 Å². The Morgan fingerprint density at radius 2 is 2.58 bits per heavy atom. The number of halogens is 1. The number of amides is 1. The SMILES string of the molecule is Cc1ncc(CNC(=O)CBr)s1. The third-order valence-corrected chi connectivity index (χ3v) is 2.67. The fraction of sp³-hybridized carbons (Fsp3) is 0.429. The molecular weight excluding hydrogens is 240 g/mol. The van der Waals surface area contributed by atoms with Crippen molar-refractivity contribution in [2.75, 3.05) is 5.33 Å². The molecule has 12 heavy (non-hydrogen) atoms. The summed E-state index contributed by atoms with van der Waals surface area (Å²) >= 11 is 4.67. The minimum atomic E-state index is 0.000975. The molecule has 0 saturated carbocycles. The predicted molar refractivity (Wildman–Crippen MR) is 52.5 cm³/mol. The van der Waals surface area contributed by atoms with Gasteiger partial charge < -0.3 is 5.32 Å². The van der Waals surface area contributed by atoms with Crippen molar-refractivity contribution in [2.24, 2.45) is 0 Å². The molecule has 0 fully saturated rings. The third-order valence-electron chi connectivity index (χ3n) is 1.25. The second-order valence-corrected chi connectivity index (χ2v) is 4.14. The van der Waals surface area contributed by atoms with Gasteiger partial charge in [0.05, 0.1) is 16.9 Å². The Balaban J connectivity index is 2.38. The smallest absolute Gasteiger partial charge is 0.230 e. The van der Waals surface area contributed by atoms with Gasteiger partial charge in [-0.1, -0.05) is 15.9 Å². The second kappa shape index (κ2) is 4.57. The van der Waals surface area contributed by atoms with Crippen molar-refractivity contribution >= 4 is 33.2 Å². The van der Waals surface area contributed by atoms with Crippen LogP contribution in [0.4, 0.5) is 0 Å². The van der Waals surface area contributed by atoms with E-state index in [1.54, 1.807) is 17.5 Å². The van der Waals surface area contributed by atoms with Crippen LogP contribution in [-0.4, -0.2) is 16.2 Å². The summed E-state index contributed by atoms with van der Waals surface area (Å²) in [6, 6.07) is 0. The van der Waals surface area contributed by atoms with E-state index < -0.39 is 0 Å². The summed E-state index contributed by atoms with van der Waals surface area (Å²) in [6.07, 6.45) is 1.79. The molecule has 1 amide bonds. The van der Waals surface area contributed by atoms with Crippen LogP contribution < -0.4 is 5.32 Å². The van der Waals surface area contributed by atoms with Crippen molar-refractivity contribution in [3.8, 4) is 0 Å². The Bertz CT molecular complexity index is 274. The lowest BCUT2D eigenvalue weighted by Gasteiger charge is -1.97. The van der Waals surface area contributed by atoms with Crippen molar-refractivity contribution in [1.82, 2.24) is 10.3 Å². The van der Waals surface area contributed by atoms with Gasteiger partial charge in [0.1, 0.15) is 0 Å². The fourth-order valence-electron chi connectivity index (χ4n) is 0.720. The van der Waals surface area contributed by atoms with Crippen LogP contribution in [0.5, 0.6) is 0 Å². The summed E-state index contributed by atoms with van der Waals surface area (Å²) in [5.41, 5.74) is 0. The number of thiazole rings is 1. The van der Waals surface area contributed by atoms with Gasteiger partial charge in [0.2, 0.25) is 5.91 Å². The molecule has 0 saturated heterocycles. The van der Waals surface area contributed by atoms with E-state index in [1.165, 1.54) is 0 Å². The Labute approximate surface area is 83.3 Å². The summed E-state index contributed by atoms with van der Waals surface area (Å²) < 4.78 is 0. The molecule has 1 heterocycles. The minimum absolute atomic E-state index is 0.000975. The van der Waals surface area contributed by atoms with Gasteiger partial charge in [-0.25, -0.2) is 4.98 Å². The van der Waals surface area contributed by atoms with E-state index in [2.05, 4.69) is 26.2 Å². The van der Waals surface area contributed by atoms with Gasteiger partial charge in [0.15, 0.2) is 0 Å². The summed E-state index contributed by atoms with van der Waals surface area (Å²) in [6.45, 7) is 2.52. The van der Waals surface area contributed by atoms with E-state index >= 15 is 0 Å². The standard InChI is InChI=1S/C7H9BrN2OS/c1-5-9-3-6(12-5)4-10-7(11)2-8/h3H,2,4H2,1H3,(H,10,11). The average Bonchev–Trinajstić information content (AvgIpc) is 2.47. The molecule has 0 aromatic carbocycles. The van der Waals surface area contributed by atoms with Crippen LogP contribution in [0.2, 0.25) is 0 Å². The number of aryl methyl sites for hydroxylation is 1. The van der Waals surface area contributed by atoms with E-state index in [4.69, 9.17) is 0 Å². The van der Waals surface area contributed by atoms with Crippen LogP contribution >= 0.6 is 27.3 Å². The van der Waals surface area contributed by atoms with E-state index in [0.29, 0.717) is 11.9 Å². The van der Waals surface area contributed by atoms with Crippen LogP contribution in [-0.2, 0) is 11.3 Å². The topological polar surface area (TPSA) is 42.0 Å². The molecular formula is C7H9BrN2OS. The van der Waals surface area contributed by atoms with Crippen molar-refractivity contribution in [2.45, 2.75) is 13.5 Å². The zero-order valence-corrected chi connectivity index (χ0v) is 9.04. The molecule has 1 rings (SSSR count). The van der Waals surface area contributed by atoms with Crippen molar-refractivity contribution in [3.05, 3.63) is 16.1 Å². The molecule has 5 heteroatoms. The van der Waals surface area contributed by atoms with Gasteiger partial charge in [0, 0.05) is 11.1 Å². The second-order valence-electron chi connectivity index (χ2n) is 2.26. The zero-order chi connectivity index (χ0) is 8.97. The van der Waals surface area contributed by atoms with Gasteiger partial charge in [-0.15, -0.1) is 11.3 Å². The van der Waals surface area contributed by atoms with Gasteiger partial charge in [-0.05, 0) is 6.92 Å². The Hall–Kier alpha value is -0.420. The van der Waals surface area contributed by atoms with Gasteiger partial charge in [-0.2, -0.15) is 0 Å². The third kappa shape index (κ3) is 2.91. The Morgan fingerprint density at radius 1 is 1.83 bits per heavy atom. The summed E-state index contributed by atoms with van der Waals surface area (Å²) in [5, 5.41) is 4.12. The molecule has 66 valence electrons. The van der Waals surface area contributed by atoms with Crippen molar-refractivity contribution in [3.63, 3.8) is 0 Å². The first-order valence-electron chi connectivity index (χ1n) is 3.46. The highest BCUT2D eigenvalue weighted by Gasteiger charge is 2.00. The maximum absolute atomic E-state index is 10.8. The molecule has 0 spiro atoms. The van der Waals surface area contributed by atoms with E-state index in [1.807, 2.05) is 6.92 Å². The van der Waals surface area contributed by atoms with E-state index in [9.17, 15) is 4.79 Å². The molecule has 0 atom stereocenters. The van der Waals surface area contributed by atoms with Gasteiger partial charge in [0.25, 0.3) is 0 Å². The van der Waals surface area contributed by atoms with Gasteiger partial charge >= 0.3 is 0 Å². The number of rotatable bonds is 3. The highest BCUT2D eigenvalue weighted by Crippen LogP contribution is 2.10. The molecule has 3 nitrogen and oxygen atoms in total. The highest BCUT2D eigenvalue weighted by atomic mass is 79.9. The van der Waals surface area contributed by atoms with Crippen LogP contribution in [0.1, 0.15) is 9.88 Å². The minimum Gasteiger partial charge on any atom is -0.350 e. The molecule has 0 aliphatic heterocycles. The summed E-state index contributed by atoms with van der Waals surface area (Å²) in [4.78, 5) is 16.0. The number of carbonyl (C=O) groups excluding carboxylic acids is 1. The lowest BCUT2D eigenvalue weighted by Crippen LogP contribution is -2.22. The zero-order valence-electron chi connectivity index (χ0n) is 6.63. The summed E-state index contributed by atoms with van der Waals surface area (Å²) in [7, 11) is 0. The molecule has 1 aromatic rings. The average molecular weight is 249 g/mol. The number of carbonyl (C=O) groups is 1. The molecule has 0 unspecified atom stereocenters. The van der Waals surface area contributed by atoms with Crippen LogP contribution in [0, 0.1) is 6.92 Å². The lowest BCUT2D eigenvalue weighted by molar-refractivity contribution is -0.118. The van der Waals surface area contributed by atoms with Crippen LogP contribution in [0.25, 0.3) is 0 Å². The van der Waals surface area contributed by atoms with E-state index in [0.717, 1.165) is 9.88 Å². The first kappa shape index (κ1) is 9.67. The number of hydrogen-bond acceptors (Lipinski definition) is 3. The first-order chi connectivity index (χ1) is 5.72. The van der Waals surface area contributed by atoms with Crippen LogP contribution in [0.15, 0.2) is 6.20 Å².